The lowest BCUT2D eigenvalue weighted by Crippen LogP contribution is -2.05. The Bertz CT molecular complexity index is 900. The highest BCUT2D eigenvalue weighted by atomic mass is 35.5. The highest BCUT2D eigenvalue weighted by Gasteiger charge is 2.14. The molecular formula is C16H10ClFO4. The number of carboxylic acids is 1. The summed E-state index contributed by atoms with van der Waals surface area (Å²) in [6.07, 6.45) is 0. The molecule has 1 aromatic heterocycles. The van der Waals surface area contributed by atoms with Crippen molar-refractivity contribution in [3.8, 4) is 11.3 Å². The first-order chi connectivity index (χ1) is 10.1. The van der Waals surface area contributed by atoms with Crippen molar-refractivity contribution >= 4 is 29.3 Å². The van der Waals surface area contributed by atoms with Gasteiger partial charge in [-0.3, -0.25) is 4.79 Å². The molecule has 3 rings (SSSR count). The minimum atomic E-state index is -1.18. The quantitative estimate of drug-likeness (QED) is 0.781. The van der Waals surface area contributed by atoms with Crippen LogP contribution >= 0.6 is 12.4 Å². The van der Waals surface area contributed by atoms with Gasteiger partial charge in [-0.15, -0.1) is 12.4 Å². The van der Waals surface area contributed by atoms with Crippen LogP contribution < -0.4 is 5.43 Å². The SMILES string of the molecule is Cl.O=C(O)c1cccc2c(=O)cc(-c3ccc(F)cc3)oc12. The van der Waals surface area contributed by atoms with Crippen molar-refractivity contribution in [3.05, 3.63) is 70.1 Å². The standard InChI is InChI=1S/C16H9FO4.ClH/c17-10-6-4-9(5-7-10)14-8-13(18)11-2-1-3-12(16(19)20)15(11)21-14;/h1-8H,(H,19,20);1H. The topological polar surface area (TPSA) is 67.5 Å². The van der Waals surface area contributed by atoms with E-state index in [2.05, 4.69) is 0 Å². The summed E-state index contributed by atoms with van der Waals surface area (Å²) in [5.41, 5.74) is 0.0691. The van der Waals surface area contributed by atoms with Gasteiger partial charge in [0.1, 0.15) is 17.1 Å². The number of aromatic carboxylic acids is 1. The molecule has 22 heavy (non-hydrogen) atoms. The summed E-state index contributed by atoms with van der Waals surface area (Å²) in [5.74, 6) is -1.39. The molecule has 0 radical (unpaired) electrons. The maximum Gasteiger partial charge on any atom is 0.339 e. The van der Waals surface area contributed by atoms with E-state index < -0.39 is 11.8 Å². The molecule has 0 aliphatic rings. The van der Waals surface area contributed by atoms with Gasteiger partial charge < -0.3 is 9.52 Å². The van der Waals surface area contributed by atoms with E-state index in [1.54, 1.807) is 0 Å². The van der Waals surface area contributed by atoms with E-state index in [4.69, 9.17) is 9.52 Å². The Balaban J connectivity index is 0.00000176. The van der Waals surface area contributed by atoms with Crippen LogP contribution in [0.15, 0.2) is 57.7 Å². The normalized spacial score (nSPS) is 10.2. The van der Waals surface area contributed by atoms with Crippen LogP contribution in [0.5, 0.6) is 0 Å². The molecule has 0 amide bonds. The van der Waals surface area contributed by atoms with Crippen LogP contribution in [0.25, 0.3) is 22.3 Å². The first kappa shape index (κ1) is 15.7. The van der Waals surface area contributed by atoms with Gasteiger partial charge in [0.25, 0.3) is 0 Å². The third-order valence-electron chi connectivity index (χ3n) is 3.11. The number of hydrogen-bond donors (Lipinski definition) is 1. The zero-order chi connectivity index (χ0) is 15.0. The second-order valence-corrected chi connectivity index (χ2v) is 4.47. The number of benzene rings is 2. The first-order valence-corrected chi connectivity index (χ1v) is 6.12. The molecule has 0 bridgehead atoms. The number of carbonyl (C=O) groups is 1. The number of rotatable bonds is 2. The molecule has 2 aromatic carbocycles. The van der Waals surface area contributed by atoms with Crippen LogP contribution in [0.2, 0.25) is 0 Å². The number of para-hydroxylation sites is 1. The maximum absolute atomic E-state index is 12.9. The molecule has 4 nitrogen and oxygen atoms in total. The van der Waals surface area contributed by atoms with Crippen LogP contribution in [0.3, 0.4) is 0 Å². The van der Waals surface area contributed by atoms with Crippen molar-refractivity contribution in [1.82, 2.24) is 0 Å². The summed E-state index contributed by atoms with van der Waals surface area (Å²) in [6.45, 7) is 0. The van der Waals surface area contributed by atoms with Crippen molar-refractivity contribution in [2.45, 2.75) is 0 Å². The Labute approximate surface area is 130 Å². The third-order valence-corrected chi connectivity index (χ3v) is 3.11. The van der Waals surface area contributed by atoms with Gasteiger partial charge in [0, 0.05) is 11.6 Å². The number of halogens is 2. The van der Waals surface area contributed by atoms with Crippen molar-refractivity contribution in [1.29, 1.82) is 0 Å². The van der Waals surface area contributed by atoms with Gasteiger partial charge in [0.15, 0.2) is 11.0 Å². The predicted molar refractivity (Wildman–Crippen MR) is 82.1 cm³/mol. The molecule has 112 valence electrons. The number of fused-ring (bicyclic) bond motifs is 1. The fourth-order valence-corrected chi connectivity index (χ4v) is 2.10. The lowest BCUT2D eigenvalue weighted by atomic mass is 10.1. The molecule has 1 N–H and O–H groups in total. The lowest BCUT2D eigenvalue weighted by Gasteiger charge is -2.05. The van der Waals surface area contributed by atoms with Gasteiger partial charge in [-0.25, -0.2) is 9.18 Å². The fraction of sp³-hybridized carbons (Fsp3) is 0. The number of hydrogen-bond acceptors (Lipinski definition) is 3. The van der Waals surface area contributed by atoms with E-state index in [0.29, 0.717) is 5.56 Å². The Hall–Kier alpha value is -2.66. The Morgan fingerprint density at radius 3 is 2.41 bits per heavy atom. The summed E-state index contributed by atoms with van der Waals surface area (Å²) < 4.78 is 18.5. The van der Waals surface area contributed by atoms with Gasteiger partial charge in [-0.05, 0) is 36.4 Å². The molecule has 0 atom stereocenters. The average Bonchev–Trinajstić information content (AvgIpc) is 2.47. The van der Waals surface area contributed by atoms with Crippen molar-refractivity contribution in [3.63, 3.8) is 0 Å². The average molecular weight is 321 g/mol. The van der Waals surface area contributed by atoms with Crippen molar-refractivity contribution in [2.75, 3.05) is 0 Å². The van der Waals surface area contributed by atoms with Gasteiger partial charge in [-0.1, -0.05) is 6.07 Å². The molecule has 0 saturated heterocycles. The summed E-state index contributed by atoms with van der Waals surface area (Å²) in [5, 5.41) is 9.36. The van der Waals surface area contributed by atoms with Crippen molar-refractivity contribution in [2.24, 2.45) is 0 Å². The molecule has 1 heterocycles. The summed E-state index contributed by atoms with van der Waals surface area (Å²) >= 11 is 0. The Kier molecular flexibility index (Phi) is 4.28. The smallest absolute Gasteiger partial charge is 0.339 e. The van der Waals surface area contributed by atoms with Gasteiger partial charge in [0.2, 0.25) is 0 Å². The van der Waals surface area contributed by atoms with E-state index in [1.165, 1.54) is 48.5 Å². The van der Waals surface area contributed by atoms with Gasteiger partial charge in [-0.2, -0.15) is 0 Å². The summed E-state index contributed by atoms with van der Waals surface area (Å²) in [6, 6.07) is 11.0. The van der Waals surface area contributed by atoms with Crippen LogP contribution in [0.1, 0.15) is 10.4 Å². The Morgan fingerprint density at radius 2 is 1.77 bits per heavy atom. The second kappa shape index (κ2) is 5.99. The zero-order valence-corrected chi connectivity index (χ0v) is 11.9. The Morgan fingerprint density at radius 1 is 1.09 bits per heavy atom. The number of carboxylic acid groups (broad SMARTS) is 1. The van der Waals surface area contributed by atoms with Gasteiger partial charge >= 0.3 is 5.97 Å². The zero-order valence-electron chi connectivity index (χ0n) is 11.1. The van der Waals surface area contributed by atoms with E-state index in [-0.39, 0.29) is 40.1 Å². The van der Waals surface area contributed by atoms with Crippen LogP contribution in [0.4, 0.5) is 4.39 Å². The largest absolute Gasteiger partial charge is 0.478 e. The van der Waals surface area contributed by atoms with Crippen LogP contribution in [-0.4, -0.2) is 11.1 Å². The molecular weight excluding hydrogens is 311 g/mol. The molecule has 0 unspecified atom stereocenters. The summed E-state index contributed by atoms with van der Waals surface area (Å²) in [4.78, 5) is 23.3. The highest BCUT2D eigenvalue weighted by Crippen LogP contribution is 2.24. The first-order valence-electron chi connectivity index (χ1n) is 6.12. The molecule has 0 aliphatic heterocycles. The molecule has 0 aliphatic carbocycles. The third kappa shape index (κ3) is 2.71. The van der Waals surface area contributed by atoms with E-state index in [9.17, 15) is 14.0 Å². The molecule has 3 aromatic rings. The second-order valence-electron chi connectivity index (χ2n) is 4.47. The fourth-order valence-electron chi connectivity index (χ4n) is 2.10. The maximum atomic E-state index is 12.9. The molecule has 0 spiro atoms. The summed E-state index contributed by atoms with van der Waals surface area (Å²) in [7, 11) is 0. The van der Waals surface area contributed by atoms with E-state index in [0.717, 1.165) is 0 Å². The highest BCUT2D eigenvalue weighted by molar-refractivity contribution is 6.01. The monoisotopic (exact) mass is 320 g/mol. The van der Waals surface area contributed by atoms with E-state index >= 15 is 0 Å². The lowest BCUT2D eigenvalue weighted by molar-refractivity contribution is 0.0698. The predicted octanol–water partition coefficient (Wildman–Crippen LogP) is 3.72. The van der Waals surface area contributed by atoms with Crippen LogP contribution in [0, 0.1) is 5.82 Å². The van der Waals surface area contributed by atoms with Gasteiger partial charge in [0.05, 0.1) is 5.39 Å². The minimum absolute atomic E-state index is 0. The molecule has 0 saturated carbocycles. The minimum Gasteiger partial charge on any atom is -0.478 e. The molecule has 0 fully saturated rings. The van der Waals surface area contributed by atoms with Crippen molar-refractivity contribution < 1.29 is 18.7 Å². The molecule has 6 heteroatoms. The van der Waals surface area contributed by atoms with Crippen LogP contribution in [-0.2, 0) is 0 Å². The van der Waals surface area contributed by atoms with E-state index in [1.807, 2.05) is 0 Å².